The highest BCUT2D eigenvalue weighted by molar-refractivity contribution is 6.09. The van der Waals surface area contributed by atoms with E-state index in [0.717, 1.165) is 19.3 Å². The molecule has 164 valence electrons. The van der Waals surface area contributed by atoms with Gasteiger partial charge in [-0.1, -0.05) is 31.9 Å². The third kappa shape index (κ3) is 4.72. The van der Waals surface area contributed by atoms with Crippen molar-refractivity contribution >= 4 is 28.2 Å². The molecule has 0 fully saturated rings. The Morgan fingerprint density at radius 2 is 1.84 bits per heavy atom. The molecule has 31 heavy (non-hydrogen) atoms. The lowest BCUT2D eigenvalue weighted by Gasteiger charge is -2.15. The first-order valence-electron chi connectivity index (χ1n) is 9.74. The summed E-state index contributed by atoms with van der Waals surface area (Å²) in [6, 6.07) is 10.8. The number of aromatic nitrogens is 1. The highest BCUT2D eigenvalue weighted by atomic mass is 16.3. The summed E-state index contributed by atoms with van der Waals surface area (Å²) in [5.41, 5.74) is -0.306. The van der Waals surface area contributed by atoms with Crippen molar-refractivity contribution in [2.75, 3.05) is 12.4 Å². The number of hydrogen-bond acceptors (Lipinski definition) is 6. The summed E-state index contributed by atoms with van der Waals surface area (Å²) in [6.45, 7) is 2.46. The molecule has 9 heteroatoms. The molecule has 9 nitrogen and oxygen atoms in total. The normalized spacial score (nSPS) is 10.5. The maximum absolute atomic E-state index is 13.1. The quantitative estimate of drug-likeness (QED) is 0.298. The van der Waals surface area contributed by atoms with E-state index in [0.29, 0.717) is 22.2 Å². The molecule has 0 aliphatic heterocycles. The molecule has 0 unspecified atom stereocenters. The van der Waals surface area contributed by atoms with Crippen LogP contribution >= 0.6 is 0 Å². The Hall–Kier alpha value is -3.72. The van der Waals surface area contributed by atoms with E-state index in [1.807, 2.05) is 0 Å². The van der Waals surface area contributed by atoms with Crippen molar-refractivity contribution in [2.45, 2.75) is 32.7 Å². The average molecular weight is 427 g/mol. The van der Waals surface area contributed by atoms with Gasteiger partial charge in [0.1, 0.15) is 17.1 Å². The van der Waals surface area contributed by atoms with Gasteiger partial charge in [-0.05, 0) is 24.6 Å². The minimum atomic E-state index is -0.867. The number of anilines is 1. The molecule has 1 heterocycles. The fourth-order valence-electron chi connectivity index (χ4n) is 3.34. The minimum Gasteiger partial charge on any atom is -0.870 e. The number of carbonyl (C=O) groups excluding carboxylic acids is 1. The van der Waals surface area contributed by atoms with E-state index >= 15 is 0 Å². The van der Waals surface area contributed by atoms with Crippen LogP contribution in [-0.4, -0.2) is 38.0 Å². The van der Waals surface area contributed by atoms with Crippen molar-refractivity contribution in [1.82, 2.24) is 4.57 Å². The predicted octanol–water partition coefficient (Wildman–Crippen LogP) is 3.72. The molecule has 0 atom stereocenters. The number of hydrogen-bond donors (Lipinski definition) is 3. The Kier molecular flexibility index (Phi) is 7.49. The lowest BCUT2D eigenvalue weighted by atomic mass is 10.1. The van der Waals surface area contributed by atoms with Crippen LogP contribution in [0.2, 0.25) is 0 Å². The number of fused-ring (bicyclic) bond motifs is 1. The first-order valence-corrected chi connectivity index (χ1v) is 9.74. The van der Waals surface area contributed by atoms with Gasteiger partial charge in [0, 0.05) is 33.7 Å². The molecule has 2 aromatic carbocycles. The van der Waals surface area contributed by atoms with E-state index in [9.17, 15) is 24.7 Å². The molecule has 0 radical (unpaired) electrons. The van der Waals surface area contributed by atoms with Crippen molar-refractivity contribution in [3.8, 4) is 11.5 Å². The van der Waals surface area contributed by atoms with E-state index in [1.165, 1.54) is 29.8 Å². The Morgan fingerprint density at radius 3 is 2.52 bits per heavy atom. The molecule has 4 N–H and O–H groups in total. The first-order chi connectivity index (χ1) is 14.3. The van der Waals surface area contributed by atoms with Crippen molar-refractivity contribution in [1.29, 1.82) is 0 Å². The second kappa shape index (κ2) is 9.86. The summed E-state index contributed by atoms with van der Waals surface area (Å²) in [7, 11) is 1.28. The second-order valence-corrected chi connectivity index (χ2v) is 7.06. The van der Waals surface area contributed by atoms with Crippen molar-refractivity contribution in [3.05, 3.63) is 63.3 Å². The summed E-state index contributed by atoms with van der Waals surface area (Å²) in [4.78, 5) is 37.6. The molecule has 0 aliphatic rings. The molecular weight excluding hydrogens is 402 g/mol. The number of amides is 1. The van der Waals surface area contributed by atoms with Crippen LogP contribution in [0.1, 0.15) is 36.5 Å². The van der Waals surface area contributed by atoms with Gasteiger partial charge < -0.3 is 25.6 Å². The highest BCUT2D eigenvalue weighted by Gasteiger charge is 2.23. The van der Waals surface area contributed by atoms with Gasteiger partial charge in [0.15, 0.2) is 7.05 Å². The SMILES string of the molecule is CCCCCn1c(=O)c(C(=O)Nc2cc([N+](C)=O)ccc2O)c(O)c2ccccc21.[OH-]. The fraction of sp³-hybridized carbons (Fsp3) is 0.273. The van der Waals surface area contributed by atoms with Gasteiger partial charge in [-0.3, -0.25) is 9.59 Å². The Morgan fingerprint density at radius 1 is 1.13 bits per heavy atom. The van der Waals surface area contributed by atoms with Gasteiger partial charge in [0.2, 0.25) is 0 Å². The fourth-order valence-corrected chi connectivity index (χ4v) is 3.34. The van der Waals surface area contributed by atoms with Gasteiger partial charge in [-0.2, -0.15) is 0 Å². The van der Waals surface area contributed by atoms with E-state index < -0.39 is 22.8 Å². The maximum Gasteiger partial charge on any atom is 0.267 e. The number of rotatable bonds is 7. The van der Waals surface area contributed by atoms with Crippen LogP contribution in [0, 0.1) is 4.91 Å². The number of aromatic hydroxyl groups is 2. The summed E-state index contributed by atoms with van der Waals surface area (Å²) < 4.78 is 2.06. The van der Waals surface area contributed by atoms with E-state index in [2.05, 4.69) is 12.2 Å². The van der Waals surface area contributed by atoms with Gasteiger partial charge >= 0.3 is 0 Å². The van der Waals surface area contributed by atoms with Crippen LogP contribution in [0.3, 0.4) is 0 Å². The van der Waals surface area contributed by atoms with Gasteiger partial charge in [-0.15, -0.1) is 0 Å². The zero-order valence-electron chi connectivity index (χ0n) is 17.3. The smallest absolute Gasteiger partial charge is 0.267 e. The third-order valence-electron chi connectivity index (χ3n) is 4.95. The molecule has 0 saturated carbocycles. The number of carbonyl (C=O) groups is 1. The van der Waals surface area contributed by atoms with Crippen molar-refractivity contribution in [2.24, 2.45) is 0 Å². The molecule has 0 spiro atoms. The minimum absolute atomic E-state index is 0. The molecule has 1 aromatic heterocycles. The first kappa shape index (κ1) is 23.6. The van der Waals surface area contributed by atoms with E-state index in [-0.39, 0.29) is 22.6 Å². The Labute approximate surface area is 178 Å². The Bertz CT molecular complexity index is 1190. The molecule has 0 saturated heterocycles. The average Bonchev–Trinajstić information content (AvgIpc) is 2.72. The molecule has 3 aromatic rings. The van der Waals surface area contributed by atoms with Crippen LogP contribution in [0.25, 0.3) is 10.9 Å². The van der Waals surface area contributed by atoms with Crippen LogP contribution in [0.5, 0.6) is 11.5 Å². The summed E-state index contributed by atoms with van der Waals surface area (Å²) in [6.07, 6.45) is 2.65. The van der Waals surface area contributed by atoms with Crippen molar-refractivity contribution < 1.29 is 25.2 Å². The lowest BCUT2D eigenvalue weighted by Crippen LogP contribution is -2.30. The van der Waals surface area contributed by atoms with Crippen LogP contribution in [0.15, 0.2) is 47.3 Å². The number of benzene rings is 2. The van der Waals surface area contributed by atoms with Gasteiger partial charge in [-0.25, -0.2) is 0 Å². The lowest BCUT2D eigenvalue weighted by molar-refractivity contribution is -0.428. The zero-order valence-corrected chi connectivity index (χ0v) is 17.3. The second-order valence-electron chi connectivity index (χ2n) is 7.06. The Balaban J connectivity index is 0.00000341. The number of phenolic OH excluding ortho intramolecular Hbond substituents is 1. The number of para-hydroxylation sites is 1. The zero-order chi connectivity index (χ0) is 21.8. The highest BCUT2D eigenvalue weighted by Crippen LogP contribution is 2.30. The van der Waals surface area contributed by atoms with Gasteiger partial charge in [0.05, 0.1) is 11.2 Å². The van der Waals surface area contributed by atoms with E-state index in [1.54, 1.807) is 24.3 Å². The van der Waals surface area contributed by atoms with Crippen LogP contribution in [-0.2, 0) is 6.54 Å². The number of phenols is 1. The third-order valence-corrected chi connectivity index (χ3v) is 4.95. The topological polar surface area (TPSA) is 142 Å². The number of nitrogens with one attached hydrogen (secondary N) is 1. The molecule has 1 amide bonds. The van der Waals surface area contributed by atoms with E-state index in [4.69, 9.17) is 0 Å². The number of nitrogens with zero attached hydrogens (tertiary/aromatic N) is 2. The van der Waals surface area contributed by atoms with Crippen LogP contribution < -0.4 is 10.9 Å². The van der Waals surface area contributed by atoms with Crippen molar-refractivity contribution in [3.63, 3.8) is 0 Å². The monoisotopic (exact) mass is 427 g/mol. The summed E-state index contributed by atoms with van der Waals surface area (Å²) >= 11 is 0. The molecule has 0 aliphatic carbocycles. The number of pyridine rings is 1. The summed E-state index contributed by atoms with van der Waals surface area (Å²) in [5.74, 6) is -1.55. The predicted molar refractivity (Wildman–Crippen MR) is 117 cm³/mol. The standard InChI is InChI=1S/C22H23N3O5.H2O/c1-3-4-7-12-25-17-9-6-5-8-15(17)20(27)19(22(25)29)21(28)23-16-13-14(24(2)30)10-11-18(16)26;/h5-6,8-11,13H,3-4,7,12H2,1-2H3,(H2-,23,26,27,28,29,30);1H2. The molecular formula is C22H25N3O6. The van der Waals surface area contributed by atoms with Crippen LogP contribution in [0.4, 0.5) is 11.4 Å². The number of nitroso groups, excluding NO2 is 1. The molecule has 3 rings (SSSR count). The summed E-state index contributed by atoms with van der Waals surface area (Å²) in [5, 5.41) is 23.6. The largest absolute Gasteiger partial charge is 0.870 e. The molecule has 0 bridgehead atoms. The van der Waals surface area contributed by atoms with Gasteiger partial charge in [0.25, 0.3) is 17.2 Å². The number of aryl methyl sites for hydroxylation is 1. The maximum atomic E-state index is 13.1. The number of unbranched alkanes of at least 4 members (excludes halogenated alkanes) is 2.